The number of para-hydroxylation sites is 2. The van der Waals surface area contributed by atoms with Crippen molar-refractivity contribution in [3.63, 3.8) is 0 Å². The SMILES string of the molecule is COc1ccc(C2Nc3ccccc3NC3=C2C(=O)NC3)cc1.O. The van der Waals surface area contributed by atoms with Crippen LogP contribution in [0.1, 0.15) is 11.6 Å². The van der Waals surface area contributed by atoms with Crippen molar-refractivity contribution in [3.05, 3.63) is 65.4 Å². The topological polar surface area (TPSA) is 93.9 Å². The smallest absolute Gasteiger partial charge is 0.251 e. The molecule has 24 heavy (non-hydrogen) atoms. The van der Waals surface area contributed by atoms with Crippen LogP contribution in [0.5, 0.6) is 5.75 Å². The molecule has 2 heterocycles. The van der Waals surface area contributed by atoms with Gasteiger partial charge >= 0.3 is 0 Å². The number of nitrogens with one attached hydrogen (secondary N) is 3. The molecule has 5 N–H and O–H groups in total. The van der Waals surface area contributed by atoms with Crippen molar-refractivity contribution in [2.24, 2.45) is 0 Å². The Morgan fingerprint density at radius 3 is 2.46 bits per heavy atom. The molecule has 2 aliphatic rings. The van der Waals surface area contributed by atoms with Gasteiger partial charge in [0.05, 0.1) is 36.6 Å². The van der Waals surface area contributed by atoms with E-state index >= 15 is 0 Å². The molecule has 0 saturated carbocycles. The Bertz CT molecular complexity index is 799. The molecule has 2 aromatic carbocycles. The molecule has 0 radical (unpaired) electrons. The number of benzene rings is 2. The van der Waals surface area contributed by atoms with Crippen LogP contribution in [0.3, 0.4) is 0 Å². The number of ether oxygens (including phenoxy) is 1. The molecule has 1 amide bonds. The monoisotopic (exact) mass is 325 g/mol. The van der Waals surface area contributed by atoms with Gasteiger partial charge in [-0.1, -0.05) is 24.3 Å². The molecule has 6 nitrogen and oxygen atoms in total. The molecular formula is C18H19N3O3. The van der Waals surface area contributed by atoms with Gasteiger partial charge in [0.1, 0.15) is 5.75 Å². The third-order valence-electron chi connectivity index (χ3n) is 4.25. The van der Waals surface area contributed by atoms with Crippen molar-refractivity contribution in [1.82, 2.24) is 5.32 Å². The van der Waals surface area contributed by atoms with Crippen molar-refractivity contribution in [2.75, 3.05) is 24.3 Å². The highest BCUT2D eigenvalue weighted by Gasteiger charge is 2.33. The van der Waals surface area contributed by atoms with Crippen molar-refractivity contribution in [3.8, 4) is 5.75 Å². The summed E-state index contributed by atoms with van der Waals surface area (Å²) < 4.78 is 5.22. The van der Waals surface area contributed by atoms with E-state index in [0.29, 0.717) is 6.54 Å². The van der Waals surface area contributed by atoms with E-state index < -0.39 is 0 Å². The lowest BCUT2D eigenvalue weighted by atomic mass is 9.97. The largest absolute Gasteiger partial charge is 0.497 e. The Balaban J connectivity index is 0.00000169. The van der Waals surface area contributed by atoms with Crippen LogP contribution in [0, 0.1) is 0 Å². The number of hydrogen-bond acceptors (Lipinski definition) is 4. The number of fused-ring (bicyclic) bond motifs is 1. The normalized spacial score (nSPS) is 18.2. The van der Waals surface area contributed by atoms with Gasteiger partial charge < -0.3 is 26.2 Å². The van der Waals surface area contributed by atoms with Gasteiger partial charge in [0.2, 0.25) is 0 Å². The predicted octanol–water partition coefficient (Wildman–Crippen LogP) is 1.83. The summed E-state index contributed by atoms with van der Waals surface area (Å²) >= 11 is 0. The van der Waals surface area contributed by atoms with Gasteiger partial charge in [-0.15, -0.1) is 0 Å². The number of carbonyl (C=O) groups is 1. The maximum atomic E-state index is 12.3. The Kier molecular flexibility index (Phi) is 4.14. The zero-order chi connectivity index (χ0) is 15.8. The van der Waals surface area contributed by atoms with Gasteiger partial charge in [-0.2, -0.15) is 0 Å². The second-order valence-electron chi connectivity index (χ2n) is 5.60. The van der Waals surface area contributed by atoms with Gasteiger partial charge in [0.15, 0.2) is 0 Å². The molecule has 2 aliphatic heterocycles. The minimum absolute atomic E-state index is 0. The van der Waals surface area contributed by atoms with Crippen molar-refractivity contribution >= 4 is 17.3 Å². The first-order valence-corrected chi connectivity index (χ1v) is 7.54. The average molecular weight is 325 g/mol. The molecule has 0 fully saturated rings. The molecule has 0 aliphatic carbocycles. The summed E-state index contributed by atoms with van der Waals surface area (Å²) in [7, 11) is 1.64. The molecule has 2 aromatic rings. The summed E-state index contributed by atoms with van der Waals surface area (Å²) in [6, 6.07) is 15.6. The fourth-order valence-electron chi connectivity index (χ4n) is 3.07. The van der Waals surface area contributed by atoms with E-state index in [1.807, 2.05) is 48.5 Å². The Morgan fingerprint density at radius 2 is 1.75 bits per heavy atom. The third kappa shape index (κ3) is 2.57. The number of hydrogen-bond donors (Lipinski definition) is 3. The van der Waals surface area contributed by atoms with Gasteiger partial charge in [0, 0.05) is 5.70 Å². The first kappa shape index (κ1) is 15.9. The fraction of sp³-hybridized carbons (Fsp3) is 0.167. The van der Waals surface area contributed by atoms with Crippen LogP contribution < -0.4 is 20.7 Å². The Labute approximate surface area is 139 Å². The van der Waals surface area contributed by atoms with Crippen LogP contribution in [0.4, 0.5) is 11.4 Å². The molecule has 1 unspecified atom stereocenters. The van der Waals surface area contributed by atoms with Crippen LogP contribution >= 0.6 is 0 Å². The predicted molar refractivity (Wildman–Crippen MR) is 93.1 cm³/mol. The van der Waals surface area contributed by atoms with Crippen LogP contribution in [0.15, 0.2) is 59.8 Å². The van der Waals surface area contributed by atoms with E-state index in [1.165, 1.54) is 0 Å². The lowest BCUT2D eigenvalue weighted by molar-refractivity contribution is -0.116. The van der Waals surface area contributed by atoms with Crippen LogP contribution in [-0.2, 0) is 4.79 Å². The molecule has 0 bridgehead atoms. The van der Waals surface area contributed by atoms with E-state index in [1.54, 1.807) is 7.11 Å². The number of methoxy groups -OCH3 is 1. The summed E-state index contributed by atoms with van der Waals surface area (Å²) in [6.07, 6.45) is 0. The first-order chi connectivity index (χ1) is 11.3. The minimum Gasteiger partial charge on any atom is -0.497 e. The van der Waals surface area contributed by atoms with Crippen molar-refractivity contribution in [2.45, 2.75) is 6.04 Å². The summed E-state index contributed by atoms with van der Waals surface area (Å²) in [6.45, 7) is 0.525. The number of anilines is 2. The second kappa shape index (κ2) is 6.25. The van der Waals surface area contributed by atoms with Crippen LogP contribution in [0.25, 0.3) is 0 Å². The van der Waals surface area contributed by atoms with Crippen LogP contribution in [0.2, 0.25) is 0 Å². The molecule has 124 valence electrons. The van der Waals surface area contributed by atoms with E-state index in [4.69, 9.17) is 4.74 Å². The number of carbonyl (C=O) groups excluding carboxylic acids is 1. The summed E-state index contributed by atoms with van der Waals surface area (Å²) in [5.74, 6) is 0.764. The average Bonchev–Trinajstić information content (AvgIpc) is 2.86. The standard InChI is InChI=1S/C18H17N3O2.H2O/c1-23-12-8-6-11(7-9-12)17-16-15(10-19-18(16)22)20-13-4-2-3-5-14(13)21-17;/h2-9,17,20-21H,10H2,1H3,(H,19,22);1H2. The van der Waals surface area contributed by atoms with Crippen molar-refractivity contribution in [1.29, 1.82) is 0 Å². The summed E-state index contributed by atoms with van der Waals surface area (Å²) in [5.41, 5.74) is 4.65. The molecule has 0 aromatic heterocycles. The molecule has 0 spiro atoms. The molecule has 6 heteroatoms. The fourth-order valence-corrected chi connectivity index (χ4v) is 3.07. The Morgan fingerprint density at radius 1 is 1.04 bits per heavy atom. The van der Waals surface area contributed by atoms with Crippen molar-refractivity contribution < 1.29 is 15.0 Å². The molecule has 0 saturated heterocycles. The molecular weight excluding hydrogens is 306 g/mol. The third-order valence-corrected chi connectivity index (χ3v) is 4.25. The molecule has 1 atom stereocenters. The highest BCUT2D eigenvalue weighted by atomic mass is 16.5. The lowest BCUT2D eigenvalue weighted by Gasteiger charge is -2.20. The highest BCUT2D eigenvalue weighted by Crippen LogP contribution is 2.38. The quantitative estimate of drug-likeness (QED) is 0.785. The van der Waals surface area contributed by atoms with E-state index in [0.717, 1.165) is 34.0 Å². The van der Waals surface area contributed by atoms with Crippen LogP contribution in [-0.4, -0.2) is 25.0 Å². The maximum Gasteiger partial charge on any atom is 0.251 e. The Hall–Kier alpha value is -2.99. The number of rotatable bonds is 2. The van der Waals surface area contributed by atoms with Gasteiger partial charge in [-0.25, -0.2) is 0 Å². The molecule has 4 rings (SSSR count). The van der Waals surface area contributed by atoms with E-state index in [2.05, 4.69) is 16.0 Å². The second-order valence-corrected chi connectivity index (χ2v) is 5.60. The minimum atomic E-state index is -0.199. The van der Waals surface area contributed by atoms with Gasteiger partial charge in [0.25, 0.3) is 5.91 Å². The maximum absolute atomic E-state index is 12.3. The highest BCUT2D eigenvalue weighted by molar-refractivity contribution is 6.00. The summed E-state index contributed by atoms with van der Waals surface area (Å²) in [4.78, 5) is 12.3. The number of amides is 1. The zero-order valence-corrected chi connectivity index (χ0v) is 13.2. The zero-order valence-electron chi connectivity index (χ0n) is 13.2. The van der Waals surface area contributed by atoms with E-state index in [9.17, 15) is 4.79 Å². The summed E-state index contributed by atoms with van der Waals surface area (Å²) in [5, 5.41) is 9.78. The van der Waals surface area contributed by atoms with Gasteiger partial charge in [-0.05, 0) is 29.8 Å². The van der Waals surface area contributed by atoms with Gasteiger partial charge in [-0.3, -0.25) is 4.79 Å². The lowest BCUT2D eigenvalue weighted by Crippen LogP contribution is -2.23. The van der Waals surface area contributed by atoms with E-state index in [-0.39, 0.29) is 17.4 Å². The first-order valence-electron chi connectivity index (χ1n) is 7.54.